The van der Waals surface area contributed by atoms with E-state index in [0.717, 1.165) is 24.8 Å². The lowest BCUT2D eigenvalue weighted by molar-refractivity contribution is 0.418. The van der Waals surface area contributed by atoms with Gasteiger partial charge in [0, 0.05) is 10.7 Å². The first-order valence-electron chi connectivity index (χ1n) is 12.1. The molecular weight excluding hydrogens is 426 g/mol. The smallest absolute Gasteiger partial charge is 0.123 e. The molecule has 0 radical (unpaired) electrons. The van der Waals surface area contributed by atoms with Gasteiger partial charge >= 0.3 is 0 Å². The third-order valence-electron chi connectivity index (χ3n) is 6.68. The standard InChI is InChI=1S/C29H46OP2/c1-12-17-29(13-2,31-26-20(3)15-14-16-24(26)32(10)11)23-19-21(27(4,5)6)18-22(25(23)30)28(7,8)9/h14-16,18-19,30-31H,12-13,17H2,1-11H3. The fourth-order valence-corrected chi connectivity index (χ4v) is 8.27. The van der Waals surface area contributed by atoms with Crippen molar-refractivity contribution in [2.24, 2.45) is 0 Å². The molecule has 178 valence electrons. The van der Waals surface area contributed by atoms with Gasteiger partial charge in [0.25, 0.3) is 0 Å². The van der Waals surface area contributed by atoms with Gasteiger partial charge in [-0.15, -0.1) is 0 Å². The molecule has 1 nitrogen and oxygen atoms in total. The summed E-state index contributed by atoms with van der Waals surface area (Å²) in [6.45, 7) is 25.1. The molecule has 0 amide bonds. The normalized spacial score (nSPS) is 15.0. The van der Waals surface area contributed by atoms with Crippen LogP contribution in [0, 0.1) is 6.92 Å². The number of benzene rings is 2. The Kier molecular flexibility index (Phi) is 8.68. The first kappa shape index (κ1) is 27.3. The highest BCUT2D eigenvalue weighted by Gasteiger charge is 2.37. The maximum absolute atomic E-state index is 11.7. The molecule has 2 atom stereocenters. The van der Waals surface area contributed by atoms with E-state index in [1.165, 1.54) is 27.3 Å². The zero-order valence-electron chi connectivity index (χ0n) is 22.4. The van der Waals surface area contributed by atoms with Gasteiger partial charge in [-0.2, -0.15) is 0 Å². The number of phenolic OH excluding ortho intramolecular Hbond substituents is 1. The molecule has 0 saturated heterocycles. The topological polar surface area (TPSA) is 20.2 Å². The molecule has 3 heteroatoms. The van der Waals surface area contributed by atoms with E-state index in [-0.39, 0.29) is 23.9 Å². The number of aromatic hydroxyl groups is 1. The Labute approximate surface area is 201 Å². The molecule has 0 aromatic heterocycles. The quantitative estimate of drug-likeness (QED) is 0.404. The average Bonchev–Trinajstić information content (AvgIpc) is 2.67. The van der Waals surface area contributed by atoms with Gasteiger partial charge in [0.1, 0.15) is 5.75 Å². The van der Waals surface area contributed by atoms with Crippen molar-refractivity contribution in [3.05, 3.63) is 52.6 Å². The van der Waals surface area contributed by atoms with Gasteiger partial charge in [-0.25, -0.2) is 0 Å². The van der Waals surface area contributed by atoms with Crippen LogP contribution in [0.5, 0.6) is 5.75 Å². The van der Waals surface area contributed by atoms with Crippen molar-refractivity contribution in [1.82, 2.24) is 0 Å². The van der Waals surface area contributed by atoms with Gasteiger partial charge in [-0.05, 0) is 71.2 Å². The lowest BCUT2D eigenvalue weighted by Gasteiger charge is -2.38. The zero-order chi connectivity index (χ0) is 24.5. The van der Waals surface area contributed by atoms with Crippen LogP contribution in [0.15, 0.2) is 30.3 Å². The third kappa shape index (κ3) is 5.77. The van der Waals surface area contributed by atoms with Gasteiger partial charge in [0.15, 0.2) is 0 Å². The van der Waals surface area contributed by atoms with Crippen molar-refractivity contribution in [1.29, 1.82) is 0 Å². The molecule has 0 bridgehead atoms. The molecule has 1 N–H and O–H groups in total. The minimum atomic E-state index is -0.181. The fraction of sp³-hybridized carbons (Fsp3) is 0.586. The monoisotopic (exact) mass is 472 g/mol. The number of rotatable bonds is 7. The largest absolute Gasteiger partial charge is 0.507 e. The molecule has 0 heterocycles. The van der Waals surface area contributed by atoms with Gasteiger partial charge in [-0.1, -0.05) is 109 Å². The third-order valence-corrected chi connectivity index (χ3v) is 10.5. The van der Waals surface area contributed by atoms with Crippen LogP contribution in [0.25, 0.3) is 0 Å². The summed E-state index contributed by atoms with van der Waals surface area (Å²) in [5.41, 5.74) is 4.90. The van der Waals surface area contributed by atoms with Crippen molar-refractivity contribution in [2.75, 3.05) is 13.3 Å². The van der Waals surface area contributed by atoms with Gasteiger partial charge in [-0.3, -0.25) is 0 Å². The predicted molar refractivity (Wildman–Crippen MR) is 150 cm³/mol. The van der Waals surface area contributed by atoms with Gasteiger partial charge < -0.3 is 5.11 Å². The maximum Gasteiger partial charge on any atom is 0.123 e. The summed E-state index contributed by atoms with van der Waals surface area (Å²) in [5, 5.41) is 14.7. The fourth-order valence-electron chi connectivity index (χ4n) is 4.58. The summed E-state index contributed by atoms with van der Waals surface area (Å²) in [4.78, 5) is 0. The Morgan fingerprint density at radius 3 is 1.97 bits per heavy atom. The van der Waals surface area contributed by atoms with Crippen LogP contribution in [-0.2, 0) is 16.0 Å². The van der Waals surface area contributed by atoms with Crippen molar-refractivity contribution < 1.29 is 5.11 Å². The van der Waals surface area contributed by atoms with Gasteiger partial charge in [0.05, 0.1) is 0 Å². The summed E-state index contributed by atoms with van der Waals surface area (Å²) < 4.78 is 0. The van der Waals surface area contributed by atoms with E-state index < -0.39 is 0 Å². The van der Waals surface area contributed by atoms with Crippen LogP contribution in [0.2, 0.25) is 0 Å². The van der Waals surface area contributed by atoms with Crippen LogP contribution in [0.4, 0.5) is 0 Å². The SMILES string of the molecule is CCCC(CC)(Pc1c(C)cccc1P(C)C)c1cc(C(C)(C)C)cc(C(C)(C)C)c1O. The number of hydrogen-bond donors (Lipinski definition) is 1. The molecule has 2 unspecified atom stereocenters. The van der Waals surface area contributed by atoms with E-state index in [9.17, 15) is 5.11 Å². The first-order chi connectivity index (χ1) is 14.7. The number of phenols is 1. The number of hydrogen-bond acceptors (Lipinski definition) is 1. The first-order valence-corrected chi connectivity index (χ1v) is 15.3. The minimum Gasteiger partial charge on any atom is -0.507 e. The van der Waals surface area contributed by atoms with E-state index in [4.69, 9.17) is 0 Å². The van der Waals surface area contributed by atoms with Crippen molar-refractivity contribution in [2.45, 2.75) is 97.6 Å². The Morgan fingerprint density at radius 1 is 0.906 bits per heavy atom. The molecule has 2 aromatic rings. The summed E-state index contributed by atoms with van der Waals surface area (Å²) >= 11 is 0. The summed E-state index contributed by atoms with van der Waals surface area (Å²) in [5.74, 6) is 0.527. The van der Waals surface area contributed by atoms with E-state index in [1.807, 2.05) is 0 Å². The van der Waals surface area contributed by atoms with E-state index in [0.29, 0.717) is 14.3 Å². The average molecular weight is 473 g/mol. The van der Waals surface area contributed by atoms with Crippen LogP contribution >= 0.6 is 16.5 Å². The predicted octanol–water partition coefficient (Wildman–Crippen LogP) is 8.07. The van der Waals surface area contributed by atoms with Crippen LogP contribution in [0.3, 0.4) is 0 Å². The van der Waals surface area contributed by atoms with Crippen LogP contribution in [0.1, 0.15) is 96.9 Å². The Balaban J connectivity index is 2.87. The minimum absolute atomic E-state index is 0.0340. The summed E-state index contributed by atoms with van der Waals surface area (Å²) in [6.07, 6.45) is 3.23. The second kappa shape index (κ2) is 10.2. The van der Waals surface area contributed by atoms with E-state index >= 15 is 0 Å². The number of aryl methyl sites for hydroxylation is 1. The molecule has 2 aromatic carbocycles. The molecule has 0 aliphatic heterocycles. The van der Waals surface area contributed by atoms with Crippen LogP contribution < -0.4 is 10.6 Å². The lowest BCUT2D eigenvalue weighted by atomic mass is 9.76. The van der Waals surface area contributed by atoms with Gasteiger partial charge in [0.2, 0.25) is 0 Å². The second-order valence-electron chi connectivity index (χ2n) is 11.6. The van der Waals surface area contributed by atoms with E-state index in [2.05, 4.69) is 106 Å². The molecule has 0 aliphatic rings. The lowest BCUT2D eigenvalue weighted by Crippen LogP contribution is -2.30. The molecule has 0 spiro atoms. The highest BCUT2D eigenvalue weighted by Crippen LogP contribution is 2.54. The Hall–Kier alpha value is -0.900. The Bertz CT molecular complexity index is 931. The highest BCUT2D eigenvalue weighted by molar-refractivity contribution is 7.66. The molecule has 2 rings (SSSR count). The molecule has 32 heavy (non-hydrogen) atoms. The van der Waals surface area contributed by atoms with Crippen LogP contribution in [-0.4, -0.2) is 18.4 Å². The summed E-state index contributed by atoms with van der Waals surface area (Å²) in [7, 11) is 0.471. The summed E-state index contributed by atoms with van der Waals surface area (Å²) in [6, 6.07) is 11.4. The molecule has 0 saturated carbocycles. The van der Waals surface area contributed by atoms with E-state index in [1.54, 1.807) is 0 Å². The molecule has 0 fully saturated rings. The van der Waals surface area contributed by atoms with Crippen molar-refractivity contribution in [3.8, 4) is 5.75 Å². The maximum atomic E-state index is 11.7. The molecular formula is C29H46OP2. The highest BCUT2D eigenvalue weighted by atomic mass is 31.1. The molecule has 0 aliphatic carbocycles. The Morgan fingerprint density at radius 2 is 1.50 bits per heavy atom. The van der Waals surface area contributed by atoms with Crippen molar-refractivity contribution >= 4 is 27.1 Å². The second-order valence-corrected chi connectivity index (χ2v) is 15.6. The van der Waals surface area contributed by atoms with Crippen molar-refractivity contribution in [3.63, 3.8) is 0 Å². The zero-order valence-corrected chi connectivity index (χ0v) is 24.3.